The Morgan fingerprint density at radius 2 is 1.77 bits per heavy atom. The Hall–Kier alpha value is -2.64. The molecule has 2 amide bonds. The third-order valence-electron chi connectivity index (χ3n) is 5.53. The number of nitrogens with one attached hydrogen (secondary N) is 2. The van der Waals surface area contributed by atoms with Crippen LogP contribution in [0.3, 0.4) is 0 Å². The van der Waals surface area contributed by atoms with Crippen molar-refractivity contribution in [3.05, 3.63) is 54.1 Å². The van der Waals surface area contributed by atoms with E-state index in [1.807, 2.05) is 12.1 Å². The Labute approximate surface area is 185 Å². The van der Waals surface area contributed by atoms with E-state index in [0.29, 0.717) is 36.6 Å². The average molecular weight is 441 g/mol. The van der Waals surface area contributed by atoms with Gasteiger partial charge in [-0.25, -0.2) is 0 Å². The molecule has 2 unspecified atom stereocenters. The van der Waals surface area contributed by atoms with Gasteiger partial charge >= 0.3 is 0 Å². The first-order valence-electron chi connectivity index (χ1n) is 10.7. The first-order chi connectivity index (χ1) is 14.8. The van der Waals surface area contributed by atoms with Crippen LogP contribution in [-0.2, 0) is 14.3 Å². The van der Waals surface area contributed by atoms with Crippen molar-refractivity contribution < 1.29 is 19.1 Å². The minimum absolute atomic E-state index is 0.152. The summed E-state index contributed by atoms with van der Waals surface area (Å²) in [6, 6.07) is 14.4. The van der Waals surface area contributed by atoms with Gasteiger partial charge in [-0.3, -0.25) is 9.59 Å². The van der Waals surface area contributed by atoms with Crippen molar-refractivity contribution in [1.29, 1.82) is 0 Å². The topological polar surface area (TPSA) is 76.7 Å². The van der Waals surface area contributed by atoms with Crippen molar-refractivity contribution in [1.82, 2.24) is 5.32 Å². The van der Waals surface area contributed by atoms with E-state index >= 15 is 0 Å². The van der Waals surface area contributed by atoms with E-state index in [1.54, 1.807) is 31.4 Å². The van der Waals surface area contributed by atoms with Gasteiger partial charge in [0.05, 0.1) is 15.2 Å². The molecule has 166 valence electrons. The van der Waals surface area contributed by atoms with Crippen LogP contribution >= 0.6 is 0 Å². The summed E-state index contributed by atoms with van der Waals surface area (Å²) < 4.78 is 10.6. The zero-order chi connectivity index (χ0) is 22.4. The average Bonchev–Trinajstić information content (AvgIpc) is 3.25. The maximum atomic E-state index is 13.1. The number of hydrogen-bond donors (Lipinski definition) is 2. The number of anilines is 1. The molecule has 1 aliphatic rings. The fourth-order valence-corrected chi connectivity index (χ4v) is 4.76. The summed E-state index contributed by atoms with van der Waals surface area (Å²) in [6.45, 7) is 8.13. The van der Waals surface area contributed by atoms with Gasteiger partial charge in [0.2, 0.25) is 5.91 Å². The van der Waals surface area contributed by atoms with Crippen LogP contribution in [0.25, 0.3) is 0 Å². The van der Waals surface area contributed by atoms with Gasteiger partial charge in [0.15, 0.2) is 0 Å². The highest BCUT2D eigenvalue weighted by Crippen LogP contribution is 2.22. The molecule has 2 N–H and O–H groups in total. The summed E-state index contributed by atoms with van der Waals surface area (Å²) in [7, 11) is 0.181. The third-order valence-corrected chi connectivity index (χ3v) is 7.60. The van der Waals surface area contributed by atoms with E-state index in [2.05, 4.69) is 42.4 Å². The number of amides is 2. The summed E-state index contributed by atoms with van der Waals surface area (Å²) in [4.78, 5) is 25.8. The van der Waals surface area contributed by atoms with Gasteiger partial charge < -0.3 is 20.1 Å². The van der Waals surface area contributed by atoms with Gasteiger partial charge in [-0.05, 0) is 42.2 Å². The molecular weight excluding hydrogens is 408 g/mol. The number of methoxy groups -OCH3 is 1. The second kappa shape index (κ2) is 10.1. The molecule has 0 spiro atoms. The highest BCUT2D eigenvalue weighted by atomic mass is 28.3. The van der Waals surface area contributed by atoms with Crippen molar-refractivity contribution >= 4 is 30.8 Å². The van der Waals surface area contributed by atoms with Gasteiger partial charge in [-0.15, -0.1) is 0 Å². The number of ether oxygens (including phenoxy) is 2. The van der Waals surface area contributed by atoms with Crippen molar-refractivity contribution in [3.63, 3.8) is 0 Å². The van der Waals surface area contributed by atoms with E-state index in [9.17, 15) is 9.59 Å². The second-order valence-electron chi connectivity index (χ2n) is 9.02. The summed E-state index contributed by atoms with van der Waals surface area (Å²) in [5.74, 6) is 0.468. The first kappa shape index (κ1) is 23.0. The lowest BCUT2D eigenvalue weighted by atomic mass is 10.0. The van der Waals surface area contributed by atoms with Crippen molar-refractivity contribution in [2.75, 3.05) is 25.6 Å². The predicted molar refractivity (Wildman–Crippen MR) is 125 cm³/mol. The number of hydrogen-bond acceptors (Lipinski definition) is 4. The quantitative estimate of drug-likeness (QED) is 0.617. The smallest absolute Gasteiger partial charge is 0.251 e. The molecule has 31 heavy (non-hydrogen) atoms. The first-order valence-corrected chi connectivity index (χ1v) is 14.2. The molecule has 0 aromatic heterocycles. The summed E-state index contributed by atoms with van der Waals surface area (Å²) >= 11 is 0. The molecule has 6 nitrogen and oxygen atoms in total. The Morgan fingerprint density at radius 3 is 2.32 bits per heavy atom. The van der Waals surface area contributed by atoms with Crippen LogP contribution in [0.2, 0.25) is 19.6 Å². The van der Waals surface area contributed by atoms with E-state index in [0.717, 1.165) is 6.42 Å². The van der Waals surface area contributed by atoms with E-state index in [1.165, 1.54) is 5.19 Å². The van der Waals surface area contributed by atoms with Crippen LogP contribution in [0.5, 0.6) is 5.75 Å². The van der Waals surface area contributed by atoms with Crippen LogP contribution in [0.1, 0.15) is 24.4 Å². The van der Waals surface area contributed by atoms with Crippen LogP contribution in [0.15, 0.2) is 48.5 Å². The molecule has 1 heterocycles. The SMILES string of the molecule is COc1ccc(C(NC(=O)CC2CCOC2)C(=O)Nc2ccc([Si](C)(C)C)cc2)cc1. The molecule has 1 fully saturated rings. The number of carbonyl (C=O) groups is 2. The van der Waals surface area contributed by atoms with Gasteiger partial charge in [-0.2, -0.15) is 0 Å². The third kappa shape index (κ3) is 6.42. The predicted octanol–water partition coefficient (Wildman–Crippen LogP) is 3.46. The molecule has 0 aliphatic carbocycles. The fraction of sp³-hybridized carbons (Fsp3) is 0.417. The summed E-state index contributed by atoms with van der Waals surface area (Å²) in [6.07, 6.45) is 1.22. The minimum Gasteiger partial charge on any atom is -0.497 e. The number of carbonyl (C=O) groups excluding carboxylic acids is 2. The Morgan fingerprint density at radius 1 is 1.10 bits per heavy atom. The van der Waals surface area contributed by atoms with Crippen LogP contribution in [-0.4, -0.2) is 40.2 Å². The van der Waals surface area contributed by atoms with Crippen LogP contribution in [0.4, 0.5) is 5.69 Å². The molecule has 0 bridgehead atoms. The molecule has 3 rings (SSSR count). The summed E-state index contributed by atoms with van der Waals surface area (Å²) in [5.41, 5.74) is 1.41. The summed E-state index contributed by atoms with van der Waals surface area (Å²) in [5, 5.41) is 7.19. The highest BCUT2D eigenvalue weighted by molar-refractivity contribution is 6.88. The molecule has 7 heteroatoms. The molecule has 2 atom stereocenters. The van der Waals surface area contributed by atoms with Crippen LogP contribution < -0.4 is 20.6 Å². The molecule has 1 aliphatic heterocycles. The van der Waals surface area contributed by atoms with Gasteiger partial charge in [0.1, 0.15) is 11.8 Å². The number of rotatable bonds is 8. The zero-order valence-electron chi connectivity index (χ0n) is 18.7. The molecular formula is C24H32N2O4Si. The lowest BCUT2D eigenvalue weighted by Gasteiger charge is -2.21. The van der Waals surface area contributed by atoms with Gasteiger partial charge in [0, 0.05) is 25.3 Å². The van der Waals surface area contributed by atoms with E-state index in [4.69, 9.17) is 9.47 Å². The van der Waals surface area contributed by atoms with Gasteiger partial charge in [0.25, 0.3) is 5.91 Å². The highest BCUT2D eigenvalue weighted by Gasteiger charge is 2.26. The Balaban J connectivity index is 1.75. The standard InChI is InChI=1S/C24H32N2O4Si/c1-29-20-9-5-18(6-10-20)23(26-22(27)15-17-13-14-30-16-17)24(28)25-19-7-11-21(12-8-19)31(2,3)4/h5-12,17,23H,13-16H2,1-4H3,(H,25,28)(H,26,27). The normalized spacial score (nSPS) is 17.1. The molecule has 0 saturated carbocycles. The molecule has 2 aromatic carbocycles. The lowest BCUT2D eigenvalue weighted by Crippen LogP contribution is -2.38. The monoisotopic (exact) mass is 440 g/mol. The van der Waals surface area contributed by atoms with Gasteiger partial charge in [-0.1, -0.05) is 49.1 Å². The largest absolute Gasteiger partial charge is 0.497 e. The second-order valence-corrected chi connectivity index (χ2v) is 14.1. The molecule has 2 aromatic rings. The van der Waals surface area contributed by atoms with E-state index in [-0.39, 0.29) is 17.7 Å². The Bertz CT molecular complexity index is 885. The molecule has 1 saturated heterocycles. The van der Waals surface area contributed by atoms with E-state index < -0.39 is 14.1 Å². The van der Waals surface area contributed by atoms with Crippen molar-refractivity contribution in [2.24, 2.45) is 5.92 Å². The fourth-order valence-electron chi connectivity index (χ4n) is 3.59. The maximum Gasteiger partial charge on any atom is 0.251 e. The zero-order valence-corrected chi connectivity index (χ0v) is 19.7. The number of benzene rings is 2. The Kier molecular flexibility index (Phi) is 7.51. The lowest BCUT2D eigenvalue weighted by molar-refractivity contribution is -0.127. The van der Waals surface area contributed by atoms with Crippen LogP contribution in [0, 0.1) is 5.92 Å². The molecule has 0 radical (unpaired) electrons. The van der Waals surface area contributed by atoms with Crippen molar-refractivity contribution in [3.8, 4) is 5.75 Å². The maximum absolute atomic E-state index is 13.1. The van der Waals surface area contributed by atoms with Crippen molar-refractivity contribution in [2.45, 2.75) is 38.5 Å². The minimum atomic E-state index is -1.41.